The van der Waals surface area contributed by atoms with Crippen LogP contribution in [0.4, 0.5) is 0 Å². The van der Waals surface area contributed by atoms with E-state index in [4.69, 9.17) is 5.11 Å². The van der Waals surface area contributed by atoms with Gasteiger partial charge in [-0.1, -0.05) is 0 Å². The smallest absolute Gasteiger partial charge is 0.322 e. The van der Waals surface area contributed by atoms with Crippen molar-refractivity contribution in [2.24, 2.45) is 0 Å². The highest BCUT2D eigenvalue weighted by atomic mass is 16.4. The van der Waals surface area contributed by atoms with Crippen molar-refractivity contribution in [3.63, 3.8) is 0 Å². The molecule has 82 valence electrons. The van der Waals surface area contributed by atoms with Crippen LogP contribution in [0.3, 0.4) is 0 Å². The Labute approximate surface area is 88.1 Å². The fourth-order valence-corrected chi connectivity index (χ4v) is 1.49. The lowest BCUT2D eigenvalue weighted by Gasteiger charge is -2.13. The number of nitrogens with one attached hydrogen (secondary N) is 1. The van der Waals surface area contributed by atoms with Crippen LogP contribution in [0.2, 0.25) is 0 Å². The summed E-state index contributed by atoms with van der Waals surface area (Å²) in [7, 11) is 0. The molecule has 1 heterocycles. The van der Waals surface area contributed by atoms with Gasteiger partial charge in [-0.2, -0.15) is 5.10 Å². The molecule has 1 aliphatic rings. The maximum absolute atomic E-state index is 11.0. The van der Waals surface area contributed by atoms with Crippen LogP contribution in [0.25, 0.3) is 0 Å². The molecule has 1 aromatic heterocycles. The zero-order valence-corrected chi connectivity index (χ0v) is 8.68. The molecule has 2 rings (SSSR count). The highest BCUT2D eigenvalue weighted by molar-refractivity contribution is 5.73. The summed E-state index contributed by atoms with van der Waals surface area (Å²) in [5, 5.41) is 16.2. The van der Waals surface area contributed by atoms with Crippen LogP contribution in [0.5, 0.6) is 0 Å². The van der Waals surface area contributed by atoms with Gasteiger partial charge >= 0.3 is 5.97 Å². The van der Waals surface area contributed by atoms with Gasteiger partial charge in [0.05, 0.1) is 12.7 Å². The summed E-state index contributed by atoms with van der Waals surface area (Å²) in [4.78, 5) is 11.0. The van der Waals surface area contributed by atoms with Crippen molar-refractivity contribution in [1.29, 1.82) is 0 Å². The number of hydrogen-bond donors (Lipinski definition) is 2. The Balaban J connectivity index is 1.95. The summed E-state index contributed by atoms with van der Waals surface area (Å²) in [6, 6.07) is -0.139. The summed E-state index contributed by atoms with van der Waals surface area (Å²) < 4.78 is 1.67. The lowest BCUT2D eigenvalue weighted by atomic mass is 10.3. The molecule has 0 saturated heterocycles. The Morgan fingerprint density at radius 3 is 3.00 bits per heavy atom. The second-order valence-electron chi connectivity index (χ2n) is 4.07. The normalized spacial score (nSPS) is 17.7. The van der Waals surface area contributed by atoms with Gasteiger partial charge in [0, 0.05) is 12.2 Å². The zero-order chi connectivity index (χ0) is 10.8. The minimum atomic E-state index is -0.810. The monoisotopic (exact) mass is 209 g/mol. The molecule has 2 N–H and O–H groups in total. The molecular weight excluding hydrogens is 194 g/mol. The van der Waals surface area contributed by atoms with Crippen LogP contribution in [-0.4, -0.2) is 32.9 Å². The summed E-state index contributed by atoms with van der Waals surface area (Å²) >= 11 is 0. The van der Waals surface area contributed by atoms with Crippen molar-refractivity contribution in [3.05, 3.63) is 18.0 Å². The first-order valence-corrected chi connectivity index (χ1v) is 5.13. The van der Waals surface area contributed by atoms with Crippen LogP contribution in [0.1, 0.15) is 18.4 Å². The maximum atomic E-state index is 11.0. The average molecular weight is 209 g/mol. The van der Waals surface area contributed by atoms with Crippen LogP contribution in [0, 0.1) is 6.92 Å². The van der Waals surface area contributed by atoms with Gasteiger partial charge in [0.1, 0.15) is 6.04 Å². The van der Waals surface area contributed by atoms with Crippen molar-refractivity contribution in [2.75, 3.05) is 0 Å². The SMILES string of the molecule is Cc1cnn(CC(NC2CC2)C(=O)O)c1. The highest BCUT2D eigenvalue weighted by Gasteiger charge is 2.28. The molecule has 5 heteroatoms. The molecule has 5 nitrogen and oxygen atoms in total. The quantitative estimate of drug-likeness (QED) is 0.736. The van der Waals surface area contributed by atoms with Gasteiger partial charge in [-0.15, -0.1) is 0 Å². The summed E-state index contributed by atoms with van der Waals surface area (Å²) in [5.74, 6) is -0.810. The van der Waals surface area contributed by atoms with Crippen LogP contribution < -0.4 is 5.32 Å². The molecule has 1 aromatic rings. The summed E-state index contributed by atoms with van der Waals surface area (Å²) in [5.41, 5.74) is 1.05. The van der Waals surface area contributed by atoms with Gasteiger partial charge in [0.2, 0.25) is 0 Å². The molecule has 1 fully saturated rings. The van der Waals surface area contributed by atoms with Gasteiger partial charge in [0.15, 0.2) is 0 Å². The van der Waals surface area contributed by atoms with Crippen molar-refractivity contribution >= 4 is 5.97 Å². The molecule has 0 bridgehead atoms. The van der Waals surface area contributed by atoms with Gasteiger partial charge in [-0.05, 0) is 25.3 Å². The molecule has 0 radical (unpaired) electrons. The Morgan fingerprint density at radius 1 is 1.80 bits per heavy atom. The predicted octanol–water partition coefficient (Wildman–Crippen LogP) is 0.397. The fourth-order valence-electron chi connectivity index (χ4n) is 1.49. The number of hydrogen-bond acceptors (Lipinski definition) is 3. The third-order valence-electron chi connectivity index (χ3n) is 2.44. The number of aliphatic carboxylic acids is 1. The molecule has 1 aliphatic carbocycles. The van der Waals surface area contributed by atoms with E-state index in [0.717, 1.165) is 18.4 Å². The van der Waals surface area contributed by atoms with Gasteiger partial charge in [-0.3, -0.25) is 9.48 Å². The summed E-state index contributed by atoms with van der Waals surface area (Å²) in [6.45, 7) is 2.33. The van der Waals surface area contributed by atoms with Gasteiger partial charge < -0.3 is 10.4 Å². The number of nitrogens with zero attached hydrogens (tertiary/aromatic N) is 2. The molecule has 0 aliphatic heterocycles. The topological polar surface area (TPSA) is 67.2 Å². The number of carboxylic acid groups (broad SMARTS) is 1. The minimum absolute atomic E-state index is 0.389. The first-order chi connectivity index (χ1) is 7.15. The Morgan fingerprint density at radius 2 is 2.53 bits per heavy atom. The van der Waals surface area contributed by atoms with E-state index in [1.165, 1.54) is 0 Å². The van der Waals surface area contributed by atoms with E-state index in [2.05, 4.69) is 10.4 Å². The number of rotatable bonds is 5. The van der Waals surface area contributed by atoms with Gasteiger partial charge in [-0.25, -0.2) is 0 Å². The van der Waals surface area contributed by atoms with Crippen LogP contribution in [-0.2, 0) is 11.3 Å². The van der Waals surface area contributed by atoms with Crippen LogP contribution >= 0.6 is 0 Å². The maximum Gasteiger partial charge on any atom is 0.322 e. The standard InChI is InChI=1S/C10H15N3O2/c1-7-4-11-13(5-7)6-9(10(14)15)12-8-2-3-8/h4-5,8-9,12H,2-3,6H2,1H3,(H,14,15). The number of aryl methyl sites for hydroxylation is 1. The fraction of sp³-hybridized carbons (Fsp3) is 0.600. The first-order valence-electron chi connectivity index (χ1n) is 5.13. The number of carbonyl (C=O) groups is 1. The van der Waals surface area contributed by atoms with Crippen molar-refractivity contribution in [2.45, 2.75) is 38.4 Å². The zero-order valence-electron chi connectivity index (χ0n) is 8.68. The number of aromatic nitrogens is 2. The lowest BCUT2D eigenvalue weighted by molar-refractivity contribution is -0.140. The second kappa shape index (κ2) is 4.02. The average Bonchev–Trinajstić information content (AvgIpc) is 2.89. The van der Waals surface area contributed by atoms with E-state index < -0.39 is 12.0 Å². The third kappa shape index (κ3) is 2.79. The van der Waals surface area contributed by atoms with E-state index >= 15 is 0 Å². The van der Waals surface area contributed by atoms with E-state index in [1.807, 2.05) is 13.1 Å². The predicted molar refractivity (Wildman–Crippen MR) is 54.5 cm³/mol. The van der Waals surface area contributed by atoms with E-state index in [0.29, 0.717) is 12.6 Å². The molecule has 15 heavy (non-hydrogen) atoms. The largest absolute Gasteiger partial charge is 0.480 e. The number of carboxylic acids is 1. The molecule has 0 amide bonds. The molecular formula is C10H15N3O2. The summed E-state index contributed by atoms with van der Waals surface area (Å²) in [6.07, 6.45) is 5.75. The second-order valence-corrected chi connectivity index (χ2v) is 4.07. The lowest BCUT2D eigenvalue weighted by Crippen LogP contribution is -2.41. The van der Waals surface area contributed by atoms with E-state index in [1.54, 1.807) is 10.9 Å². The first kappa shape index (κ1) is 10.2. The van der Waals surface area contributed by atoms with Crippen molar-refractivity contribution in [3.8, 4) is 0 Å². The molecule has 0 spiro atoms. The molecule has 0 aromatic carbocycles. The van der Waals surface area contributed by atoms with E-state index in [-0.39, 0.29) is 0 Å². The Hall–Kier alpha value is -1.36. The Bertz CT molecular complexity index is 357. The van der Waals surface area contributed by atoms with Crippen molar-refractivity contribution in [1.82, 2.24) is 15.1 Å². The van der Waals surface area contributed by atoms with Gasteiger partial charge in [0.25, 0.3) is 0 Å². The Kier molecular flexibility index (Phi) is 2.73. The molecule has 1 atom stereocenters. The van der Waals surface area contributed by atoms with E-state index in [9.17, 15) is 4.79 Å². The molecule has 1 unspecified atom stereocenters. The minimum Gasteiger partial charge on any atom is -0.480 e. The van der Waals surface area contributed by atoms with Crippen molar-refractivity contribution < 1.29 is 9.90 Å². The third-order valence-corrected chi connectivity index (χ3v) is 2.44. The highest BCUT2D eigenvalue weighted by Crippen LogP contribution is 2.19. The molecule has 1 saturated carbocycles. The van der Waals surface area contributed by atoms with Crippen LogP contribution in [0.15, 0.2) is 12.4 Å².